The molecule has 0 rings (SSSR count). The second-order valence-electron chi connectivity index (χ2n) is 14.9. The molecule has 0 aliphatic heterocycles. The van der Waals surface area contributed by atoms with Crippen LogP contribution in [0, 0.1) is 0 Å². The lowest BCUT2D eigenvalue weighted by Gasteiger charge is -2.20. The molecule has 5 heteroatoms. The normalized spacial score (nSPS) is 13.9. The van der Waals surface area contributed by atoms with E-state index in [2.05, 4.69) is 43.5 Å². The van der Waals surface area contributed by atoms with Gasteiger partial charge < -0.3 is 20.6 Å². The number of amides is 1. The van der Waals surface area contributed by atoms with Gasteiger partial charge in [-0.05, 0) is 57.8 Å². The van der Waals surface area contributed by atoms with E-state index in [0.29, 0.717) is 6.42 Å². The maximum absolute atomic E-state index is 12.4. The molecule has 4 N–H and O–H groups in total. The minimum Gasteiger partial charge on any atom is -0.394 e. The number of carbonyl (C=O) groups is 1. The number of hydrogen-bond acceptors (Lipinski definition) is 4. The van der Waals surface area contributed by atoms with Gasteiger partial charge in [0.2, 0.25) is 5.91 Å². The van der Waals surface area contributed by atoms with Gasteiger partial charge in [-0.25, -0.2) is 0 Å². The van der Waals surface area contributed by atoms with Crippen molar-refractivity contribution in [2.24, 2.45) is 0 Å². The Morgan fingerprint density at radius 3 is 1.28 bits per heavy atom. The lowest BCUT2D eigenvalue weighted by atomic mass is 10.0. The minimum absolute atomic E-state index is 0.0152. The molecule has 3 atom stereocenters. The first-order valence-electron chi connectivity index (χ1n) is 21.8. The molecule has 5 nitrogen and oxygen atoms in total. The van der Waals surface area contributed by atoms with Crippen molar-refractivity contribution in [1.29, 1.82) is 0 Å². The van der Waals surface area contributed by atoms with Crippen LogP contribution in [0.25, 0.3) is 0 Å². The second-order valence-corrected chi connectivity index (χ2v) is 14.9. The summed E-state index contributed by atoms with van der Waals surface area (Å²) in [5, 5.41) is 33.1. The van der Waals surface area contributed by atoms with Crippen LogP contribution in [0.1, 0.15) is 219 Å². The van der Waals surface area contributed by atoms with Gasteiger partial charge in [-0.15, -0.1) is 0 Å². The standard InChI is InChI=1S/C45H85NO4/c1-3-5-7-9-11-13-15-16-17-18-19-20-21-22-23-24-25-26-27-29-31-33-35-37-39-44(49)43(41-47)46-45(50)40-42(48)38-36-34-32-30-28-14-12-10-8-6-4-2/h29-32,37,39,42-44,47-49H,3-28,33-36,38,40-41H2,1-2H3,(H,46,50)/b31-29+,32-30-,39-37+. The van der Waals surface area contributed by atoms with Crippen LogP contribution in [-0.4, -0.2) is 46.1 Å². The van der Waals surface area contributed by atoms with E-state index in [1.54, 1.807) is 6.08 Å². The van der Waals surface area contributed by atoms with Crippen LogP contribution in [-0.2, 0) is 4.79 Å². The van der Waals surface area contributed by atoms with Gasteiger partial charge in [0.1, 0.15) is 0 Å². The zero-order valence-corrected chi connectivity index (χ0v) is 33.3. The number of rotatable bonds is 39. The summed E-state index contributed by atoms with van der Waals surface area (Å²) in [6.45, 7) is 4.18. The molecule has 0 aromatic rings. The number of hydrogen-bond donors (Lipinski definition) is 4. The molecular weight excluding hydrogens is 618 g/mol. The topological polar surface area (TPSA) is 89.8 Å². The van der Waals surface area contributed by atoms with Gasteiger partial charge in [-0.1, -0.05) is 192 Å². The van der Waals surface area contributed by atoms with E-state index >= 15 is 0 Å². The fraction of sp³-hybridized carbons (Fsp3) is 0.844. The lowest BCUT2D eigenvalue weighted by Crippen LogP contribution is -2.45. The van der Waals surface area contributed by atoms with E-state index in [1.807, 2.05) is 6.08 Å². The highest BCUT2D eigenvalue weighted by atomic mass is 16.3. The quantitative estimate of drug-likeness (QED) is 0.0379. The van der Waals surface area contributed by atoms with Crippen molar-refractivity contribution in [3.63, 3.8) is 0 Å². The van der Waals surface area contributed by atoms with Crippen LogP contribution in [0.5, 0.6) is 0 Å². The van der Waals surface area contributed by atoms with Gasteiger partial charge in [-0.3, -0.25) is 4.79 Å². The SMILES string of the molecule is CCCCCCCC/C=C\CCCC(O)CC(=O)NC(CO)C(O)/C=C/CC/C=C/CCCCCCCCCCCCCCCCCCCC. The van der Waals surface area contributed by atoms with E-state index in [-0.39, 0.29) is 18.9 Å². The monoisotopic (exact) mass is 704 g/mol. The first kappa shape index (κ1) is 48.6. The maximum atomic E-state index is 12.4. The summed E-state index contributed by atoms with van der Waals surface area (Å²) in [4.78, 5) is 12.4. The molecule has 3 unspecified atom stereocenters. The third-order valence-electron chi connectivity index (χ3n) is 9.90. The number of unbranched alkanes of at least 4 members (excludes halogenated alkanes) is 26. The maximum Gasteiger partial charge on any atom is 0.222 e. The molecule has 294 valence electrons. The third-order valence-corrected chi connectivity index (χ3v) is 9.90. The highest BCUT2D eigenvalue weighted by Crippen LogP contribution is 2.15. The summed E-state index contributed by atoms with van der Waals surface area (Å²) in [6, 6.07) is -0.768. The minimum atomic E-state index is -0.957. The number of carbonyl (C=O) groups excluding carboxylic acids is 1. The zero-order valence-electron chi connectivity index (χ0n) is 33.3. The van der Waals surface area contributed by atoms with Crippen LogP contribution in [0.3, 0.4) is 0 Å². The summed E-state index contributed by atoms with van der Waals surface area (Å²) < 4.78 is 0. The summed E-state index contributed by atoms with van der Waals surface area (Å²) in [7, 11) is 0. The third kappa shape index (κ3) is 36.4. The molecule has 0 aromatic heterocycles. The van der Waals surface area contributed by atoms with Gasteiger partial charge in [0, 0.05) is 0 Å². The first-order valence-corrected chi connectivity index (χ1v) is 21.8. The van der Waals surface area contributed by atoms with Crippen molar-refractivity contribution in [1.82, 2.24) is 5.32 Å². The molecule has 1 amide bonds. The smallest absolute Gasteiger partial charge is 0.222 e. The van der Waals surface area contributed by atoms with Crippen molar-refractivity contribution < 1.29 is 20.1 Å². The Balaban J connectivity index is 3.69. The summed E-state index contributed by atoms with van der Waals surface area (Å²) in [5.41, 5.74) is 0. The molecule has 0 aromatic carbocycles. The summed E-state index contributed by atoms with van der Waals surface area (Å²) in [6.07, 6.45) is 50.2. The molecular formula is C45H85NO4. The molecule has 0 aliphatic rings. The first-order chi connectivity index (χ1) is 24.5. The zero-order chi connectivity index (χ0) is 36.6. The Kier molecular flexibility index (Phi) is 39.2. The Hall–Kier alpha value is -1.43. The molecule has 0 heterocycles. The number of nitrogens with one attached hydrogen (secondary N) is 1. The van der Waals surface area contributed by atoms with Crippen LogP contribution in [0.4, 0.5) is 0 Å². The number of aliphatic hydroxyl groups excluding tert-OH is 3. The van der Waals surface area contributed by atoms with E-state index in [0.717, 1.165) is 38.5 Å². The van der Waals surface area contributed by atoms with Crippen LogP contribution in [0.2, 0.25) is 0 Å². The Labute approximate surface area is 311 Å². The molecule has 0 spiro atoms. The molecule has 0 aliphatic carbocycles. The molecule has 50 heavy (non-hydrogen) atoms. The van der Waals surface area contributed by atoms with Gasteiger partial charge in [-0.2, -0.15) is 0 Å². The van der Waals surface area contributed by atoms with Gasteiger partial charge in [0.25, 0.3) is 0 Å². The average molecular weight is 704 g/mol. The van der Waals surface area contributed by atoms with Crippen LogP contribution >= 0.6 is 0 Å². The van der Waals surface area contributed by atoms with Crippen molar-refractivity contribution >= 4 is 5.91 Å². The Morgan fingerprint density at radius 1 is 0.500 bits per heavy atom. The second kappa shape index (κ2) is 40.3. The van der Waals surface area contributed by atoms with E-state index in [4.69, 9.17) is 0 Å². The van der Waals surface area contributed by atoms with E-state index < -0.39 is 18.2 Å². The highest BCUT2D eigenvalue weighted by Gasteiger charge is 2.20. The fourth-order valence-corrected chi connectivity index (χ4v) is 6.53. The number of allylic oxidation sites excluding steroid dienone is 5. The fourth-order valence-electron chi connectivity index (χ4n) is 6.53. The van der Waals surface area contributed by atoms with Crippen molar-refractivity contribution in [2.75, 3.05) is 6.61 Å². The Bertz CT molecular complexity index is 779. The lowest BCUT2D eigenvalue weighted by molar-refractivity contribution is -0.124. The molecule has 0 saturated carbocycles. The van der Waals surface area contributed by atoms with Crippen LogP contribution in [0.15, 0.2) is 36.5 Å². The molecule has 0 saturated heterocycles. The van der Waals surface area contributed by atoms with E-state index in [9.17, 15) is 20.1 Å². The van der Waals surface area contributed by atoms with Gasteiger partial charge >= 0.3 is 0 Å². The largest absolute Gasteiger partial charge is 0.394 e. The average Bonchev–Trinajstić information content (AvgIpc) is 3.11. The molecule has 0 fully saturated rings. The number of aliphatic hydroxyl groups is 3. The van der Waals surface area contributed by atoms with Crippen LogP contribution < -0.4 is 5.32 Å². The molecule has 0 radical (unpaired) electrons. The summed E-state index contributed by atoms with van der Waals surface area (Å²) >= 11 is 0. The Morgan fingerprint density at radius 2 is 0.860 bits per heavy atom. The van der Waals surface area contributed by atoms with Crippen molar-refractivity contribution in [2.45, 2.75) is 238 Å². The van der Waals surface area contributed by atoms with Gasteiger partial charge in [0.15, 0.2) is 0 Å². The van der Waals surface area contributed by atoms with Gasteiger partial charge in [0.05, 0.1) is 31.3 Å². The predicted octanol–water partition coefficient (Wildman–Crippen LogP) is 12.4. The van der Waals surface area contributed by atoms with E-state index in [1.165, 1.54) is 154 Å². The predicted molar refractivity (Wildman–Crippen MR) is 218 cm³/mol. The summed E-state index contributed by atoms with van der Waals surface area (Å²) in [5.74, 6) is -0.342. The molecule has 0 bridgehead atoms. The van der Waals surface area contributed by atoms with Crippen molar-refractivity contribution in [3.8, 4) is 0 Å². The van der Waals surface area contributed by atoms with Crippen molar-refractivity contribution in [3.05, 3.63) is 36.5 Å². The highest BCUT2D eigenvalue weighted by molar-refractivity contribution is 5.76.